The molecule has 2 heteroatoms. The Morgan fingerprint density at radius 1 is 1.41 bits per heavy atom. The number of aliphatic hydroxyl groups is 1. The van der Waals surface area contributed by atoms with Crippen molar-refractivity contribution in [2.24, 2.45) is 5.41 Å². The van der Waals surface area contributed by atoms with E-state index in [1.807, 2.05) is 13.8 Å². The highest BCUT2D eigenvalue weighted by atomic mass is 16.3. The Morgan fingerprint density at radius 3 is 2.68 bits per heavy atom. The molecule has 0 aromatic heterocycles. The summed E-state index contributed by atoms with van der Waals surface area (Å²) in [7, 11) is 0. The van der Waals surface area contributed by atoms with Gasteiger partial charge in [-0.25, -0.2) is 0 Å². The van der Waals surface area contributed by atoms with Crippen molar-refractivity contribution in [3.8, 4) is 0 Å². The fourth-order valence-corrected chi connectivity index (χ4v) is 3.05. The smallest absolute Gasteiger partial charge is 0.225 e. The lowest BCUT2D eigenvalue weighted by Gasteiger charge is -2.34. The first-order valence-corrected chi connectivity index (χ1v) is 8.04. The molecule has 1 atom stereocenters. The molecule has 1 radical (unpaired) electrons. The molecule has 1 aliphatic rings. The molecule has 2 nitrogen and oxygen atoms in total. The van der Waals surface area contributed by atoms with Crippen LogP contribution in [0.2, 0.25) is 0 Å². The summed E-state index contributed by atoms with van der Waals surface area (Å²) in [5.41, 5.74) is 5.01. The molecule has 121 valence electrons. The van der Waals surface area contributed by atoms with E-state index in [1.165, 1.54) is 36.5 Å². The molecule has 1 aliphatic carbocycles. The quantitative estimate of drug-likeness (QED) is 0.434. The number of hydrogen-bond acceptors (Lipinski definition) is 2. The standard InChI is InChI=1S/C20H29O2/c1-15(12-14-21)8-11-19(22)17(3)9-10-18-16(2)7-6-13-20(18,4)5/h8-9,11-12,19,22H,6-7,10,13H2,1-5H3/b11-8-,15-12-,17-9+. The van der Waals surface area contributed by atoms with E-state index in [0.29, 0.717) is 0 Å². The van der Waals surface area contributed by atoms with E-state index in [1.54, 1.807) is 18.4 Å². The molecule has 0 saturated heterocycles. The maximum atomic E-state index is 10.2. The lowest BCUT2D eigenvalue weighted by molar-refractivity contribution is 0.258. The Kier molecular flexibility index (Phi) is 7.02. The van der Waals surface area contributed by atoms with Gasteiger partial charge in [0.25, 0.3) is 0 Å². The number of hydrogen-bond donors (Lipinski definition) is 1. The van der Waals surface area contributed by atoms with Crippen LogP contribution < -0.4 is 0 Å². The molecule has 0 amide bonds. The predicted octanol–water partition coefficient (Wildman–Crippen LogP) is 4.82. The molecule has 0 aromatic carbocycles. The molecule has 0 aromatic rings. The first-order chi connectivity index (χ1) is 10.3. The van der Waals surface area contributed by atoms with Gasteiger partial charge in [0.1, 0.15) is 0 Å². The van der Waals surface area contributed by atoms with Gasteiger partial charge in [-0.2, -0.15) is 0 Å². The van der Waals surface area contributed by atoms with Gasteiger partial charge in [-0.1, -0.05) is 43.2 Å². The van der Waals surface area contributed by atoms with E-state index >= 15 is 0 Å². The van der Waals surface area contributed by atoms with Crippen LogP contribution in [0.4, 0.5) is 0 Å². The van der Waals surface area contributed by atoms with Gasteiger partial charge in [-0.05, 0) is 69.1 Å². The SMILES string of the molecule is CC1=C(C/C=C(\C)C(O)/C=C\C(C)=C/[C]=O)C(C)(C)CCC1. The van der Waals surface area contributed by atoms with Gasteiger partial charge in [-0.15, -0.1) is 0 Å². The minimum Gasteiger partial charge on any atom is -0.385 e. The normalized spacial score (nSPS) is 21.4. The summed E-state index contributed by atoms with van der Waals surface area (Å²) in [6, 6.07) is 0. The molecule has 1 N–H and O–H groups in total. The largest absolute Gasteiger partial charge is 0.385 e. The van der Waals surface area contributed by atoms with Crippen molar-refractivity contribution in [2.45, 2.75) is 66.4 Å². The number of carbonyl (C=O) groups excluding carboxylic acids is 1. The van der Waals surface area contributed by atoms with Crippen molar-refractivity contribution in [1.29, 1.82) is 0 Å². The van der Waals surface area contributed by atoms with E-state index in [-0.39, 0.29) is 5.41 Å². The van der Waals surface area contributed by atoms with Crippen LogP contribution in [0.3, 0.4) is 0 Å². The van der Waals surface area contributed by atoms with Gasteiger partial charge in [0.05, 0.1) is 6.10 Å². The fraction of sp³-hybridized carbons (Fsp3) is 0.550. The van der Waals surface area contributed by atoms with Gasteiger partial charge in [0, 0.05) is 0 Å². The third-order valence-corrected chi connectivity index (χ3v) is 4.61. The Bertz CT molecular complexity index is 516. The maximum absolute atomic E-state index is 10.2. The Morgan fingerprint density at radius 2 is 2.09 bits per heavy atom. The maximum Gasteiger partial charge on any atom is 0.225 e. The second kappa shape index (κ2) is 8.28. The number of rotatable bonds is 6. The summed E-state index contributed by atoms with van der Waals surface area (Å²) in [6.07, 6.45) is 12.7. The van der Waals surface area contributed by atoms with Gasteiger partial charge in [0.2, 0.25) is 6.29 Å². The molecule has 0 spiro atoms. The molecule has 0 heterocycles. The first-order valence-electron chi connectivity index (χ1n) is 8.04. The zero-order chi connectivity index (χ0) is 16.8. The van der Waals surface area contributed by atoms with Crippen molar-refractivity contribution in [3.63, 3.8) is 0 Å². The van der Waals surface area contributed by atoms with Gasteiger partial charge >= 0.3 is 0 Å². The van der Waals surface area contributed by atoms with Gasteiger partial charge in [-0.3, -0.25) is 4.79 Å². The van der Waals surface area contributed by atoms with Crippen LogP contribution in [0, 0.1) is 5.41 Å². The molecule has 1 unspecified atom stereocenters. The summed E-state index contributed by atoms with van der Waals surface area (Å²) in [5.74, 6) is 0. The third-order valence-electron chi connectivity index (χ3n) is 4.61. The van der Waals surface area contributed by atoms with E-state index in [9.17, 15) is 9.90 Å². The molecule has 0 bridgehead atoms. The number of aliphatic hydroxyl groups excluding tert-OH is 1. The molecule has 0 fully saturated rings. The molecule has 0 aliphatic heterocycles. The molecule has 0 saturated carbocycles. The number of allylic oxidation sites excluding steroid dienone is 6. The lowest BCUT2D eigenvalue weighted by Crippen LogP contribution is -2.20. The van der Waals surface area contributed by atoms with E-state index in [2.05, 4.69) is 26.8 Å². The Labute approximate surface area is 135 Å². The second-order valence-corrected chi connectivity index (χ2v) is 6.96. The highest BCUT2D eigenvalue weighted by Crippen LogP contribution is 2.42. The van der Waals surface area contributed by atoms with Gasteiger partial charge in [0.15, 0.2) is 0 Å². The summed E-state index contributed by atoms with van der Waals surface area (Å²) in [4.78, 5) is 10.2. The summed E-state index contributed by atoms with van der Waals surface area (Å²) in [6.45, 7) is 10.6. The highest BCUT2D eigenvalue weighted by Gasteiger charge is 2.27. The van der Waals surface area contributed by atoms with Crippen molar-refractivity contribution in [2.75, 3.05) is 0 Å². The molecule has 22 heavy (non-hydrogen) atoms. The van der Waals surface area contributed by atoms with E-state index in [4.69, 9.17) is 0 Å². The van der Waals surface area contributed by atoms with Gasteiger partial charge < -0.3 is 5.11 Å². The van der Waals surface area contributed by atoms with Crippen LogP contribution in [-0.2, 0) is 4.79 Å². The average Bonchev–Trinajstić information content (AvgIpc) is 2.43. The Balaban J connectivity index is 2.77. The van der Waals surface area contributed by atoms with Crippen LogP contribution in [0.5, 0.6) is 0 Å². The first kappa shape index (κ1) is 18.6. The molecular weight excluding hydrogens is 272 g/mol. The highest BCUT2D eigenvalue weighted by molar-refractivity contribution is 5.67. The van der Waals surface area contributed by atoms with Crippen LogP contribution >= 0.6 is 0 Å². The minimum absolute atomic E-state index is 0.263. The van der Waals surface area contributed by atoms with Crippen LogP contribution in [0.1, 0.15) is 60.3 Å². The van der Waals surface area contributed by atoms with Crippen molar-refractivity contribution in [3.05, 3.63) is 46.6 Å². The van der Waals surface area contributed by atoms with Crippen molar-refractivity contribution in [1.82, 2.24) is 0 Å². The fourth-order valence-electron chi connectivity index (χ4n) is 3.05. The van der Waals surface area contributed by atoms with Crippen molar-refractivity contribution >= 4 is 6.29 Å². The topological polar surface area (TPSA) is 37.3 Å². The van der Waals surface area contributed by atoms with Crippen LogP contribution in [-0.4, -0.2) is 17.5 Å². The Hall–Kier alpha value is -1.41. The minimum atomic E-state index is -0.609. The molecular formula is C20H29O2. The molecule has 1 rings (SSSR count). The van der Waals surface area contributed by atoms with Crippen LogP contribution in [0.15, 0.2) is 46.6 Å². The lowest BCUT2D eigenvalue weighted by atomic mass is 9.71. The summed E-state index contributed by atoms with van der Waals surface area (Å²) < 4.78 is 0. The predicted molar refractivity (Wildman–Crippen MR) is 93.3 cm³/mol. The third kappa shape index (κ3) is 5.42. The summed E-state index contributed by atoms with van der Waals surface area (Å²) in [5, 5.41) is 10.2. The van der Waals surface area contributed by atoms with E-state index < -0.39 is 6.10 Å². The summed E-state index contributed by atoms with van der Waals surface area (Å²) >= 11 is 0. The monoisotopic (exact) mass is 301 g/mol. The zero-order valence-corrected chi connectivity index (χ0v) is 14.6. The zero-order valence-electron chi connectivity index (χ0n) is 14.6. The second-order valence-electron chi connectivity index (χ2n) is 6.96. The van der Waals surface area contributed by atoms with Crippen molar-refractivity contribution < 1.29 is 9.90 Å². The van der Waals surface area contributed by atoms with Crippen LogP contribution in [0.25, 0.3) is 0 Å². The van der Waals surface area contributed by atoms with E-state index in [0.717, 1.165) is 17.6 Å². The average molecular weight is 301 g/mol.